The first-order valence-electron chi connectivity index (χ1n) is 7.08. The lowest BCUT2D eigenvalue weighted by atomic mass is 10.2. The van der Waals surface area contributed by atoms with Crippen molar-refractivity contribution in [2.24, 2.45) is 0 Å². The van der Waals surface area contributed by atoms with Crippen molar-refractivity contribution >= 4 is 11.3 Å². The first-order chi connectivity index (χ1) is 9.79. The van der Waals surface area contributed by atoms with Crippen molar-refractivity contribution in [2.75, 3.05) is 13.2 Å². The lowest BCUT2D eigenvalue weighted by Gasteiger charge is -2.23. The van der Waals surface area contributed by atoms with Gasteiger partial charge in [-0.2, -0.15) is 0 Å². The van der Waals surface area contributed by atoms with E-state index >= 15 is 0 Å². The van der Waals surface area contributed by atoms with Crippen LogP contribution in [0.5, 0.6) is 0 Å². The summed E-state index contributed by atoms with van der Waals surface area (Å²) in [5.74, 6) is 0.869. The molecule has 0 radical (unpaired) electrons. The highest BCUT2D eigenvalue weighted by Crippen LogP contribution is 2.19. The molecule has 1 aliphatic heterocycles. The molecule has 1 saturated heterocycles. The van der Waals surface area contributed by atoms with Gasteiger partial charge in [0.05, 0.1) is 11.8 Å². The van der Waals surface area contributed by atoms with Crippen molar-refractivity contribution in [1.82, 2.24) is 10.1 Å². The molecule has 0 saturated carbocycles. The van der Waals surface area contributed by atoms with Crippen molar-refractivity contribution < 1.29 is 9.26 Å². The molecule has 1 aliphatic rings. The summed E-state index contributed by atoms with van der Waals surface area (Å²) in [5.41, 5.74) is 0.997. The smallest absolute Gasteiger partial charge is 0.133 e. The maximum Gasteiger partial charge on any atom is 0.133 e. The van der Waals surface area contributed by atoms with Gasteiger partial charge in [0.2, 0.25) is 0 Å². The minimum atomic E-state index is 0.364. The fraction of sp³-hybridized carbons (Fsp3) is 0.533. The number of thiophene rings is 1. The van der Waals surface area contributed by atoms with Crippen LogP contribution >= 0.6 is 11.3 Å². The van der Waals surface area contributed by atoms with E-state index in [1.54, 1.807) is 11.3 Å². The van der Waals surface area contributed by atoms with Crippen molar-refractivity contribution in [1.29, 1.82) is 0 Å². The summed E-state index contributed by atoms with van der Waals surface area (Å²) in [6.07, 6.45) is 2.71. The number of nitrogens with zero attached hydrogens (tertiary/aromatic N) is 2. The molecule has 0 unspecified atom stereocenters. The van der Waals surface area contributed by atoms with Gasteiger partial charge in [-0.3, -0.25) is 4.90 Å². The maximum absolute atomic E-state index is 5.76. The predicted molar refractivity (Wildman–Crippen MR) is 78.6 cm³/mol. The molecule has 2 aromatic rings. The Kier molecular flexibility index (Phi) is 4.50. The molecule has 108 valence electrons. The van der Waals surface area contributed by atoms with Crippen LogP contribution in [0.2, 0.25) is 0 Å². The number of aryl methyl sites for hydroxylation is 1. The number of aromatic nitrogens is 1. The Morgan fingerprint density at radius 2 is 2.40 bits per heavy atom. The van der Waals surface area contributed by atoms with E-state index in [0.29, 0.717) is 6.10 Å². The van der Waals surface area contributed by atoms with Gasteiger partial charge in [-0.1, -0.05) is 11.2 Å². The highest BCUT2D eigenvalue weighted by atomic mass is 32.1. The van der Waals surface area contributed by atoms with Gasteiger partial charge in [0, 0.05) is 37.2 Å². The van der Waals surface area contributed by atoms with Gasteiger partial charge in [-0.25, -0.2) is 0 Å². The van der Waals surface area contributed by atoms with E-state index in [0.717, 1.165) is 37.7 Å². The summed E-state index contributed by atoms with van der Waals surface area (Å²) in [6, 6.07) is 6.29. The van der Waals surface area contributed by atoms with Crippen LogP contribution in [0.15, 0.2) is 28.1 Å². The molecule has 1 fully saturated rings. The molecule has 0 bridgehead atoms. The summed E-state index contributed by atoms with van der Waals surface area (Å²) < 4.78 is 10.9. The van der Waals surface area contributed by atoms with Gasteiger partial charge in [0.25, 0.3) is 0 Å². The third-order valence-corrected chi connectivity index (χ3v) is 4.37. The number of ether oxygens (including phenoxy) is 1. The minimum Gasteiger partial charge on any atom is -0.377 e. The molecule has 2 aromatic heterocycles. The topological polar surface area (TPSA) is 38.5 Å². The Hall–Kier alpha value is -1.17. The predicted octanol–water partition coefficient (Wildman–Crippen LogP) is 3.23. The third kappa shape index (κ3) is 3.69. The van der Waals surface area contributed by atoms with Gasteiger partial charge in [-0.15, -0.1) is 11.3 Å². The van der Waals surface area contributed by atoms with Gasteiger partial charge >= 0.3 is 0 Å². The van der Waals surface area contributed by atoms with Crippen molar-refractivity contribution in [3.63, 3.8) is 0 Å². The molecule has 5 heteroatoms. The summed E-state index contributed by atoms with van der Waals surface area (Å²) in [5, 5.41) is 6.23. The van der Waals surface area contributed by atoms with Gasteiger partial charge in [0.1, 0.15) is 5.76 Å². The van der Waals surface area contributed by atoms with Crippen molar-refractivity contribution in [2.45, 2.75) is 39.0 Å². The van der Waals surface area contributed by atoms with Gasteiger partial charge in [-0.05, 0) is 31.2 Å². The Morgan fingerprint density at radius 3 is 3.05 bits per heavy atom. The SMILES string of the molecule is Cc1cc(CN(Cc2cccs2)C[C@H]2CCCO2)no1. The second-order valence-corrected chi connectivity index (χ2v) is 6.35. The normalized spacial score (nSPS) is 19.0. The quantitative estimate of drug-likeness (QED) is 0.819. The van der Waals surface area contributed by atoms with E-state index < -0.39 is 0 Å². The molecule has 3 heterocycles. The van der Waals surface area contributed by atoms with Crippen LogP contribution in [0.25, 0.3) is 0 Å². The Labute approximate surface area is 123 Å². The van der Waals surface area contributed by atoms with Crippen LogP contribution in [0.4, 0.5) is 0 Å². The summed E-state index contributed by atoms with van der Waals surface area (Å²) >= 11 is 1.80. The summed E-state index contributed by atoms with van der Waals surface area (Å²) in [7, 11) is 0. The molecular formula is C15H20N2O2S. The maximum atomic E-state index is 5.76. The van der Waals surface area contributed by atoms with Crippen LogP contribution in [-0.2, 0) is 17.8 Å². The second-order valence-electron chi connectivity index (χ2n) is 5.31. The van der Waals surface area contributed by atoms with Crippen molar-refractivity contribution in [3.8, 4) is 0 Å². The highest BCUT2D eigenvalue weighted by molar-refractivity contribution is 7.09. The highest BCUT2D eigenvalue weighted by Gasteiger charge is 2.20. The lowest BCUT2D eigenvalue weighted by Crippen LogP contribution is -2.31. The molecular weight excluding hydrogens is 272 g/mol. The molecule has 4 nitrogen and oxygen atoms in total. The monoisotopic (exact) mass is 292 g/mol. The molecule has 0 aliphatic carbocycles. The number of rotatable bonds is 6. The second kappa shape index (κ2) is 6.52. The molecule has 0 amide bonds. The Bertz CT molecular complexity index is 518. The first kappa shape index (κ1) is 13.8. The van der Waals surface area contributed by atoms with Crippen LogP contribution in [-0.4, -0.2) is 29.3 Å². The molecule has 20 heavy (non-hydrogen) atoms. The van der Waals surface area contributed by atoms with Crippen LogP contribution < -0.4 is 0 Å². The number of hydrogen-bond acceptors (Lipinski definition) is 5. The van der Waals surface area contributed by atoms with Crippen molar-refractivity contribution in [3.05, 3.63) is 39.9 Å². The fourth-order valence-electron chi connectivity index (χ4n) is 2.61. The van der Waals surface area contributed by atoms with E-state index in [1.165, 1.54) is 17.7 Å². The average molecular weight is 292 g/mol. The van der Waals surface area contributed by atoms with E-state index in [4.69, 9.17) is 9.26 Å². The average Bonchev–Trinajstić information content (AvgIpc) is 3.13. The molecule has 0 aromatic carbocycles. The summed E-state index contributed by atoms with van der Waals surface area (Å²) in [4.78, 5) is 3.78. The third-order valence-electron chi connectivity index (χ3n) is 3.51. The Balaban J connectivity index is 1.65. The lowest BCUT2D eigenvalue weighted by molar-refractivity contribution is 0.0674. The van der Waals surface area contributed by atoms with E-state index in [-0.39, 0.29) is 0 Å². The molecule has 3 rings (SSSR count). The standard InChI is InChI=1S/C15H20N2O2S/c1-12-8-13(16-19-12)9-17(10-14-4-2-6-18-14)11-15-5-3-7-20-15/h3,5,7-8,14H,2,4,6,9-11H2,1H3/t14-/m1/s1. The summed E-state index contributed by atoms with van der Waals surface area (Å²) in [6.45, 7) is 5.56. The number of hydrogen-bond donors (Lipinski definition) is 0. The fourth-order valence-corrected chi connectivity index (χ4v) is 3.35. The van der Waals surface area contributed by atoms with Crippen LogP contribution in [0, 0.1) is 6.92 Å². The zero-order chi connectivity index (χ0) is 13.8. The Morgan fingerprint density at radius 1 is 1.45 bits per heavy atom. The van der Waals surface area contributed by atoms with Gasteiger partial charge < -0.3 is 9.26 Å². The molecule has 1 atom stereocenters. The van der Waals surface area contributed by atoms with Crippen LogP contribution in [0.3, 0.4) is 0 Å². The minimum absolute atomic E-state index is 0.364. The zero-order valence-electron chi connectivity index (χ0n) is 11.7. The van der Waals surface area contributed by atoms with Crippen LogP contribution in [0.1, 0.15) is 29.2 Å². The van der Waals surface area contributed by atoms with E-state index in [2.05, 4.69) is 27.6 Å². The molecule has 0 spiro atoms. The van der Waals surface area contributed by atoms with E-state index in [9.17, 15) is 0 Å². The largest absolute Gasteiger partial charge is 0.377 e. The van der Waals surface area contributed by atoms with E-state index in [1.807, 2.05) is 13.0 Å². The van der Waals surface area contributed by atoms with Gasteiger partial charge in [0.15, 0.2) is 0 Å². The molecule has 0 N–H and O–H groups in total. The zero-order valence-corrected chi connectivity index (χ0v) is 12.6. The first-order valence-corrected chi connectivity index (χ1v) is 7.96.